The van der Waals surface area contributed by atoms with Crippen molar-refractivity contribution >= 4 is 11.8 Å². The second-order valence-corrected chi connectivity index (χ2v) is 2.00. The predicted octanol–water partition coefficient (Wildman–Crippen LogP) is 0.0851. The molecule has 0 aliphatic rings. The quantitative estimate of drug-likeness (QED) is 0.337. The van der Waals surface area contributed by atoms with Gasteiger partial charge in [0.15, 0.2) is 5.78 Å². The first-order valence-electron chi connectivity index (χ1n) is 3.47. The SMILES string of the molecule is CCC(=O)C(OC)C(=O)OOC. The number of Topliss-reactive ketones (excluding diaryl/α,β-unsaturated/α-hetero) is 1. The van der Waals surface area contributed by atoms with Crippen molar-refractivity contribution in [2.24, 2.45) is 0 Å². The van der Waals surface area contributed by atoms with Crippen molar-refractivity contribution in [3.63, 3.8) is 0 Å². The first kappa shape index (κ1) is 11.1. The monoisotopic (exact) mass is 176 g/mol. The van der Waals surface area contributed by atoms with Gasteiger partial charge in [-0.3, -0.25) is 9.68 Å². The number of hydrogen-bond donors (Lipinski definition) is 0. The molecule has 0 fully saturated rings. The fourth-order valence-electron chi connectivity index (χ4n) is 0.670. The highest BCUT2D eigenvalue weighted by Gasteiger charge is 2.26. The molecular weight excluding hydrogens is 164 g/mol. The zero-order chi connectivity index (χ0) is 9.56. The van der Waals surface area contributed by atoms with E-state index in [1.807, 2.05) is 0 Å². The summed E-state index contributed by atoms with van der Waals surface area (Å²) in [5.74, 6) is -1.16. The smallest absolute Gasteiger partial charge is 0.362 e. The van der Waals surface area contributed by atoms with Gasteiger partial charge in [0.25, 0.3) is 0 Å². The number of rotatable bonds is 5. The maximum absolute atomic E-state index is 11.0. The maximum Gasteiger partial charge on any atom is 0.378 e. The molecule has 5 nitrogen and oxygen atoms in total. The van der Waals surface area contributed by atoms with Crippen LogP contribution in [0.15, 0.2) is 0 Å². The van der Waals surface area contributed by atoms with Crippen molar-refractivity contribution in [3.05, 3.63) is 0 Å². The summed E-state index contributed by atoms with van der Waals surface area (Å²) >= 11 is 0. The summed E-state index contributed by atoms with van der Waals surface area (Å²) in [6.07, 6.45) is -0.952. The van der Waals surface area contributed by atoms with Crippen LogP contribution in [0.5, 0.6) is 0 Å². The van der Waals surface area contributed by atoms with Crippen LogP contribution in [0.25, 0.3) is 0 Å². The first-order chi connectivity index (χ1) is 5.67. The van der Waals surface area contributed by atoms with Gasteiger partial charge in [0.1, 0.15) is 0 Å². The third-order valence-electron chi connectivity index (χ3n) is 1.26. The first-order valence-corrected chi connectivity index (χ1v) is 3.47. The van der Waals surface area contributed by atoms with Crippen molar-refractivity contribution in [3.8, 4) is 0 Å². The molecule has 0 heterocycles. The van der Waals surface area contributed by atoms with Crippen LogP contribution in [-0.2, 0) is 24.1 Å². The Morgan fingerprint density at radius 1 is 1.33 bits per heavy atom. The van der Waals surface area contributed by atoms with E-state index in [2.05, 4.69) is 14.5 Å². The van der Waals surface area contributed by atoms with E-state index in [-0.39, 0.29) is 12.2 Å². The van der Waals surface area contributed by atoms with Gasteiger partial charge in [0.05, 0.1) is 7.11 Å². The number of hydrogen-bond acceptors (Lipinski definition) is 5. The van der Waals surface area contributed by atoms with Crippen molar-refractivity contribution in [1.29, 1.82) is 0 Å². The van der Waals surface area contributed by atoms with Crippen LogP contribution in [0.4, 0.5) is 0 Å². The second kappa shape index (κ2) is 5.68. The van der Waals surface area contributed by atoms with Crippen molar-refractivity contribution < 1.29 is 24.1 Å². The molecule has 12 heavy (non-hydrogen) atoms. The largest absolute Gasteiger partial charge is 0.378 e. The Bertz CT molecular complexity index is 165. The van der Waals surface area contributed by atoms with Crippen LogP contribution in [0.1, 0.15) is 13.3 Å². The fraction of sp³-hybridized carbons (Fsp3) is 0.714. The average Bonchev–Trinajstić information content (AvgIpc) is 2.06. The molecule has 5 heteroatoms. The Labute approximate surface area is 70.5 Å². The van der Waals surface area contributed by atoms with Gasteiger partial charge in [-0.05, 0) is 0 Å². The van der Waals surface area contributed by atoms with E-state index >= 15 is 0 Å². The molecule has 0 amide bonds. The zero-order valence-electron chi connectivity index (χ0n) is 7.33. The summed E-state index contributed by atoms with van der Waals surface area (Å²) in [5, 5.41) is 0. The van der Waals surface area contributed by atoms with Crippen LogP contribution in [0.2, 0.25) is 0 Å². The lowest BCUT2D eigenvalue weighted by Gasteiger charge is -2.09. The number of ketones is 1. The van der Waals surface area contributed by atoms with Crippen molar-refractivity contribution in [1.82, 2.24) is 0 Å². The molecule has 0 aliphatic carbocycles. The topological polar surface area (TPSA) is 61.8 Å². The van der Waals surface area contributed by atoms with E-state index in [9.17, 15) is 9.59 Å². The van der Waals surface area contributed by atoms with Gasteiger partial charge in [-0.1, -0.05) is 6.92 Å². The Kier molecular flexibility index (Phi) is 5.23. The van der Waals surface area contributed by atoms with Gasteiger partial charge in [-0.15, -0.1) is 0 Å². The third-order valence-corrected chi connectivity index (χ3v) is 1.26. The highest BCUT2D eigenvalue weighted by atomic mass is 17.2. The minimum Gasteiger partial charge on any atom is -0.362 e. The van der Waals surface area contributed by atoms with E-state index in [0.29, 0.717) is 0 Å². The summed E-state index contributed by atoms with van der Waals surface area (Å²) in [6, 6.07) is 0. The summed E-state index contributed by atoms with van der Waals surface area (Å²) in [7, 11) is 2.44. The van der Waals surface area contributed by atoms with Crippen LogP contribution >= 0.6 is 0 Å². The molecule has 1 unspecified atom stereocenters. The molecule has 0 aromatic carbocycles. The van der Waals surface area contributed by atoms with E-state index in [4.69, 9.17) is 0 Å². The Balaban J connectivity index is 4.14. The molecular formula is C7H12O5. The van der Waals surface area contributed by atoms with Gasteiger partial charge in [0, 0.05) is 13.5 Å². The molecule has 0 spiro atoms. The van der Waals surface area contributed by atoms with Crippen LogP contribution < -0.4 is 0 Å². The predicted molar refractivity (Wildman–Crippen MR) is 39.2 cm³/mol. The minimum atomic E-state index is -1.17. The van der Waals surface area contributed by atoms with Crippen LogP contribution in [-0.4, -0.2) is 32.1 Å². The lowest BCUT2D eigenvalue weighted by atomic mass is 10.2. The van der Waals surface area contributed by atoms with E-state index in [0.717, 1.165) is 0 Å². The van der Waals surface area contributed by atoms with Gasteiger partial charge in [-0.25, -0.2) is 4.79 Å². The molecule has 1 atom stereocenters. The summed E-state index contributed by atoms with van der Waals surface area (Å²) in [6.45, 7) is 1.63. The van der Waals surface area contributed by atoms with Crippen LogP contribution in [0, 0.1) is 0 Å². The second-order valence-electron chi connectivity index (χ2n) is 2.00. The lowest BCUT2D eigenvalue weighted by molar-refractivity contribution is -0.261. The van der Waals surface area contributed by atoms with E-state index in [1.165, 1.54) is 14.2 Å². The van der Waals surface area contributed by atoms with Gasteiger partial charge in [0.2, 0.25) is 6.10 Å². The van der Waals surface area contributed by atoms with Crippen molar-refractivity contribution in [2.75, 3.05) is 14.2 Å². The zero-order valence-corrected chi connectivity index (χ0v) is 7.33. The lowest BCUT2D eigenvalue weighted by Crippen LogP contribution is -2.33. The summed E-state index contributed by atoms with van der Waals surface area (Å²) in [4.78, 5) is 30.1. The molecule has 0 N–H and O–H groups in total. The van der Waals surface area contributed by atoms with Crippen molar-refractivity contribution in [2.45, 2.75) is 19.4 Å². The highest BCUT2D eigenvalue weighted by Crippen LogP contribution is 1.99. The molecule has 0 rings (SSSR count). The number of ether oxygens (including phenoxy) is 1. The molecule has 0 aromatic heterocycles. The molecule has 0 bridgehead atoms. The maximum atomic E-state index is 11.0. The third kappa shape index (κ3) is 2.98. The fourth-order valence-corrected chi connectivity index (χ4v) is 0.670. The summed E-state index contributed by atoms with van der Waals surface area (Å²) < 4.78 is 4.61. The molecule has 0 aromatic rings. The average molecular weight is 176 g/mol. The molecule has 0 aliphatic heterocycles. The number of carbonyl (C=O) groups is 2. The van der Waals surface area contributed by atoms with E-state index in [1.54, 1.807) is 6.92 Å². The standard InChI is InChI=1S/C7H12O5/c1-4-5(8)6(10-2)7(9)12-11-3/h6H,4H2,1-3H3. The van der Waals surface area contributed by atoms with E-state index < -0.39 is 12.1 Å². The Hall–Kier alpha value is -0.940. The van der Waals surface area contributed by atoms with Gasteiger partial charge < -0.3 is 4.74 Å². The Morgan fingerprint density at radius 3 is 2.25 bits per heavy atom. The molecule has 0 radical (unpaired) electrons. The van der Waals surface area contributed by atoms with Gasteiger partial charge >= 0.3 is 5.97 Å². The molecule has 70 valence electrons. The molecule has 0 saturated carbocycles. The normalized spacial score (nSPS) is 12.2. The van der Waals surface area contributed by atoms with Crippen LogP contribution in [0.3, 0.4) is 0 Å². The molecule has 0 saturated heterocycles. The Morgan fingerprint density at radius 2 is 1.92 bits per heavy atom. The summed E-state index contributed by atoms with van der Waals surface area (Å²) in [5.41, 5.74) is 0. The number of carbonyl (C=O) groups excluding carboxylic acids is 2. The minimum absolute atomic E-state index is 0.220. The number of methoxy groups -OCH3 is 1. The highest BCUT2D eigenvalue weighted by molar-refractivity contribution is 6.01. The van der Waals surface area contributed by atoms with Gasteiger partial charge in [-0.2, -0.15) is 4.89 Å².